The number of hydrogen-bond acceptors (Lipinski definition) is 4. The summed E-state index contributed by atoms with van der Waals surface area (Å²) < 4.78 is 1.71. The highest BCUT2D eigenvalue weighted by molar-refractivity contribution is 5.67. The fourth-order valence-electron chi connectivity index (χ4n) is 2.15. The third kappa shape index (κ3) is 3.28. The number of hydrogen-bond donors (Lipinski definition) is 2. The number of rotatable bonds is 6. The number of carboxylic acids is 1. The van der Waals surface area contributed by atoms with Crippen molar-refractivity contribution in [1.82, 2.24) is 14.7 Å². The smallest absolute Gasteiger partial charge is 0.303 e. The number of aliphatic hydroxyl groups is 1. The van der Waals surface area contributed by atoms with Crippen LogP contribution >= 0.6 is 0 Å². The maximum Gasteiger partial charge on any atom is 0.303 e. The molecule has 0 unspecified atom stereocenters. The van der Waals surface area contributed by atoms with Gasteiger partial charge in [-0.05, 0) is 5.92 Å². The third-order valence-electron chi connectivity index (χ3n) is 2.92. The molecule has 0 aliphatic carbocycles. The number of likely N-dealkylation sites (tertiary alicyclic amines) is 1. The molecule has 0 radical (unpaired) electrons. The van der Waals surface area contributed by atoms with Gasteiger partial charge in [-0.15, -0.1) is 0 Å². The fourth-order valence-corrected chi connectivity index (χ4v) is 2.15. The second kappa shape index (κ2) is 5.29. The molecule has 6 heteroatoms. The number of aromatic nitrogens is 2. The first kappa shape index (κ1) is 12.1. The van der Waals surface area contributed by atoms with Crippen LogP contribution in [0.5, 0.6) is 0 Å². The maximum absolute atomic E-state index is 10.5. The van der Waals surface area contributed by atoms with E-state index < -0.39 is 5.97 Å². The number of carbonyl (C=O) groups is 1. The first-order chi connectivity index (χ1) is 8.17. The highest BCUT2D eigenvalue weighted by Crippen LogP contribution is 2.21. The summed E-state index contributed by atoms with van der Waals surface area (Å²) in [5, 5.41) is 21.5. The van der Waals surface area contributed by atoms with Gasteiger partial charge in [-0.25, -0.2) is 0 Å². The molecule has 6 nitrogen and oxygen atoms in total. The lowest BCUT2D eigenvalue weighted by molar-refractivity contribution is -0.139. The van der Waals surface area contributed by atoms with E-state index in [4.69, 9.17) is 10.2 Å². The Hall–Kier alpha value is -1.40. The quantitative estimate of drug-likeness (QED) is 0.717. The first-order valence-electron chi connectivity index (χ1n) is 5.73. The molecule has 0 atom stereocenters. The Bertz CT molecular complexity index is 385. The van der Waals surface area contributed by atoms with Gasteiger partial charge in [-0.2, -0.15) is 5.10 Å². The monoisotopic (exact) mass is 239 g/mol. The van der Waals surface area contributed by atoms with Gasteiger partial charge in [-0.1, -0.05) is 0 Å². The largest absolute Gasteiger partial charge is 0.481 e. The minimum Gasteiger partial charge on any atom is -0.481 e. The molecule has 0 amide bonds. The molecule has 2 heterocycles. The Morgan fingerprint density at radius 3 is 2.94 bits per heavy atom. The van der Waals surface area contributed by atoms with Gasteiger partial charge in [0.25, 0.3) is 0 Å². The van der Waals surface area contributed by atoms with Crippen LogP contribution in [0.2, 0.25) is 0 Å². The Labute approximate surface area is 99.5 Å². The van der Waals surface area contributed by atoms with Gasteiger partial charge in [0, 0.05) is 31.4 Å². The van der Waals surface area contributed by atoms with E-state index in [0.717, 1.165) is 25.2 Å². The Morgan fingerprint density at radius 1 is 1.53 bits per heavy atom. The second-order valence-corrected chi connectivity index (χ2v) is 4.49. The Morgan fingerprint density at radius 2 is 2.29 bits per heavy atom. The fraction of sp³-hybridized carbons (Fsp3) is 0.636. The second-order valence-electron chi connectivity index (χ2n) is 4.49. The lowest BCUT2D eigenvalue weighted by Gasteiger charge is -2.38. The average Bonchev–Trinajstić information content (AvgIpc) is 2.62. The Kier molecular flexibility index (Phi) is 3.75. The summed E-state index contributed by atoms with van der Waals surface area (Å²) in [5.74, 6) is -0.426. The first-order valence-corrected chi connectivity index (χ1v) is 5.73. The van der Waals surface area contributed by atoms with Crippen molar-refractivity contribution in [2.24, 2.45) is 5.92 Å². The van der Waals surface area contributed by atoms with Crippen LogP contribution in [-0.4, -0.2) is 50.6 Å². The standard InChI is InChI=1S/C11H17N3O3/c15-2-1-14-8-10(4-12-14)7-13-5-9(6-13)3-11(16)17/h4,8-9,15H,1-3,5-7H2,(H,16,17). The molecule has 2 rings (SSSR count). The topological polar surface area (TPSA) is 78.6 Å². The van der Waals surface area contributed by atoms with Crippen LogP contribution in [-0.2, 0) is 17.9 Å². The zero-order valence-electron chi connectivity index (χ0n) is 9.62. The van der Waals surface area contributed by atoms with Crippen molar-refractivity contribution in [2.75, 3.05) is 19.7 Å². The zero-order valence-corrected chi connectivity index (χ0v) is 9.62. The SMILES string of the molecule is O=C(O)CC1CN(Cc2cnn(CCO)c2)C1. The molecule has 17 heavy (non-hydrogen) atoms. The van der Waals surface area contributed by atoms with Crippen LogP contribution in [0.1, 0.15) is 12.0 Å². The molecule has 0 bridgehead atoms. The molecular formula is C11H17N3O3. The maximum atomic E-state index is 10.5. The number of aliphatic hydroxyl groups excluding tert-OH is 1. The molecule has 1 saturated heterocycles. The lowest BCUT2D eigenvalue weighted by Crippen LogP contribution is -2.46. The summed E-state index contributed by atoms with van der Waals surface area (Å²) in [6, 6.07) is 0. The molecule has 2 N–H and O–H groups in total. The Balaban J connectivity index is 1.73. The van der Waals surface area contributed by atoms with Crippen molar-refractivity contribution in [3.8, 4) is 0 Å². The van der Waals surface area contributed by atoms with Gasteiger partial charge < -0.3 is 10.2 Å². The van der Waals surface area contributed by atoms with Gasteiger partial charge in [0.2, 0.25) is 0 Å². The molecule has 94 valence electrons. The van der Waals surface area contributed by atoms with Gasteiger partial charge in [0.1, 0.15) is 0 Å². The van der Waals surface area contributed by atoms with E-state index in [1.54, 1.807) is 10.9 Å². The highest BCUT2D eigenvalue weighted by atomic mass is 16.4. The summed E-state index contributed by atoms with van der Waals surface area (Å²) in [7, 11) is 0. The molecule has 1 fully saturated rings. The summed E-state index contributed by atoms with van der Waals surface area (Å²) in [4.78, 5) is 12.7. The average molecular weight is 239 g/mol. The minimum atomic E-state index is -0.717. The van der Waals surface area contributed by atoms with Crippen LogP contribution in [0.15, 0.2) is 12.4 Å². The van der Waals surface area contributed by atoms with E-state index in [0.29, 0.717) is 12.5 Å². The summed E-state index contributed by atoms with van der Waals surface area (Å²) in [6.45, 7) is 3.10. The molecular weight excluding hydrogens is 222 g/mol. The van der Waals surface area contributed by atoms with Crippen molar-refractivity contribution in [2.45, 2.75) is 19.5 Å². The predicted octanol–water partition coefficient (Wildman–Crippen LogP) is -0.218. The zero-order chi connectivity index (χ0) is 12.3. The number of nitrogens with zero attached hydrogens (tertiary/aromatic N) is 3. The molecule has 0 aromatic carbocycles. The van der Waals surface area contributed by atoms with E-state index in [-0.39, 0.29) is 13.0 Å². The van der Waals surface area contributed by atoms with Crippen molar-refractivity contribution in [3.63, 3.8) is 0 Å². The minimum absolute atomic E-state index is 0.0888. The van der Waals surface area contributed by atoms with Gasteiger partial charge in [0.15, 0.2) is 0 Å². The molecule has 1 aliphatic heterocycles. The summed E-state index contributed by atoms with van der Waals surface area (Å²) in [6.07, 6.45) is 3.97. The number of aliphatic carboxylic acids is 1. The number of carboxylic acid groups (broad SMARTS) is 1. The van der Waals surface area contributed by atoms with Crippen molar-refractivity contribution in [1.29, 1.82) is 0 Å². The third-order valence-corrected chi connectivity index (χ3v) is 2.92. The van der Waals surface area contributed by atoms with Crippen LogP contribution < -0.4 is 0 Å². The molecule has 0 saturated carbocycles. The molecule has 1 aromatic rings. The predicted molar refractivity (Wildman–Crippen MR) is 60.3 cm³/mol. The van der Waals surface area contributed by atoms with Crippen LogP contribution in [0, 0.1) is 5.92 Å². The van der Waals surface area contributed by atoms with Crippen molar-refractivity contribution >= 4 is 5.97 Å². The van der Waals surface area contributed by atoms with E-state index in [1.807, 2.05) is 6.20 Å². The molecule has 0 spiro atoms. The van der Waals surface area contributed by atoms with E-state index in [1.165, 1.54) is 0 Å². The highest BCUT2D eigenvalue weighted by Gasteiger charge is 2.28. The normalized spacial score (nSPS) is 17.0. The van der Waals surface area contributed by atoms with Gasteiger partial charge >= 0.3 is 5.97 Å². The molecule has 1 aromatic heterocycles. The van der Waals surface area contributed by atoms with Crippen molar-refractivity contribution in [3.05, 3.63) is 18.0 Å². The van der Waals surface area contributed by atoms with Gasteiger partial charge in [0.05, 0.1) is 25.8 Å². The summed E-state index contributed by atoms with van der Waals surface area (Å²) >= 11 is 0. The molecule has 1 aliphatic rings. The lowest BCUT2D eigenvalue weighted by atomic mass is 9.96. The summed E-state index contributed by atoms with van der Waals surface area (Å²) in [5.41, 5.74) is 1.10. The van der Waals surface area contributed by atoms with E-state index in [9.17, 15) is 4.79 Å². The van der Waals surface area contributed by atoms with E-state index in [2.05, 4.69) is 10.00 Å². The van der Waals surface area contributed by atoms with E-state index >= 15 is 0 Å². The van der Waals surface area contributed by atoms with Crippen LogP contribution in [0.3, 0.4) is 0 Å². The van der Waals surface area contributed by atoms with Crippen LogP contribution in [0.25, 0.3) is 0 Å². The van der Waals surface area contributed by atoms with Crippen LogP contribution in [0.4, 0.5) is 0 Å². The van der Waals surface area contributed by atoms with Crippen molar-refractivity contribution < 1.29 is 15.0 Å². The van der Waals surface area contributed by atoms with Gasteiger partial charge in [-0.3, -0.25) is 14.4 Å².